The number of carboxylic acid groups (broad SMARTS) is 1. The van der Waals surface area contributed by atoms with Crippen LogP contribution in [0.2, 0.25) is 5.02 Å². The SMILES string of the molecule is Cc1ccccc1CCc1nc(N2CCC[C@@H]2COc2ccc(Cl)cc2)ncc1C(=O)O. The molecule has 1 aliphatic rings. The van der Waals surface area contributed by atoms with Crippen LogP contribution in [0.5, 0.6) is 5.75 Å². The first-order valence-corrected chi connectivity index (χ1v) is 11.2. The van der Waals surface area contributed by atoms with Crippen molar-refractivity contribution in [3.63, 3.8) is 0 Å². The van der Waals surface area contributed by atoms with Crippen LogP contribution in [0, 0.1) is 6.92 Å². The van der Waals surface area contributed by atoms with Gasteiger partial charge >= 0.3 is 5.97 Å². The summed E-state index contributed by atoms with van der Waals surface area (Å²) in [5.41, 5.74) is 3.11. The maximum absolute atomic E-state index is 11.8. The highest BCUT2D eigenvalue weighted by molar-refractivity contribution is 6.30. The Kier molecular flexibility index (Phi) is 6.90. The summed E-state index contributed by atoms with van der Waals surface area (Å²) in [6.45, 7) is 3.39. The number of aromatic carboxylic acids is 1. The van der Waals surface area contributed by atoms with E-state index in [1.165, 1.54) is 17.3 Å². The molecule has 0 amide bonds. The quantitative estimate of drug-likeness (QED) is 0.521. The number of carbonyl (C=O) groups is 1. The zero-order chi connectivity index (χ0) is 22.5. The van der Waals surface area contributed by atoms with Crippen molar-refractivity contribution in [1.29, 1.82) is 0 Å². The Bertz CT molecular complexity index is 1090. The molecule has 1 atom stereocenters. The van der Waals surface area contributed by atoms with Crippen LogP contribution < -0.4 is 9.64 Å². The van der Waals surface area contributed by atoms with E-state index in [9.17, 15) is 9.90 Å². The fourth-order valence-electron chi connectivity index (χ4n) is 4.05. The first-order valence-electron chi connectivity index (χ1n) is 10.8. The van der Waals surface area contributed by atoms with Gasteiger partial charge in [-0.3, -0.25) is 0 Å². The zero-order valence-corrected chi connectivity index (χ0v) is 18.8. The molecule has 1 N–H and O–H groups in total. The Hall–Kier alpha value is -3.12. The molecule has 1 aliphatic heterocycles. The Morgan fingerprint density at radius 3 is 2.72 bits per heavy atom. The summed E-state index contributed by atoms with van der Waals surface area (Å²) in [7, 11) is 0. The van der Waals surface area contributed by atoms with E-state index in [-0.39, 0.29) is 11.6 Å². The molecule has 2 heterocycles. The van der Waals surface area contributed by atoms with Gasteiger partial charge in [-0.2, -0.15) is 0 Å². The van der Waals surface area contributed by atoms with Gasteiger partial charge in [0.1, 0.15) is 12.4 Å². The van der Waals surface area contributed by atoms with Crippen molar-refractivity contribution in [2.75, 3.05) is 18.1 Å². The summed E-state index contributed by atoms with van der Waals surface area (Å²) < 4.78 is 5.96. The average molecular weight is 452 g/mol. The average Bonchev–Trinajstić information content (AvgIpc) is 3.26. The van der Waals surface area contributed by atoms with Gasteiger partial charge < -0.3 is 14.7 Å². The van der Waals surface area contributed by atoms with Crippen molar-refractivity contribution in [1.82, 2.24) is 9.97 Å². The number of benzene rings is 2. The summed E-state index contributed by atoms with van der Waals surface area (Å²) in [4.78, 5) is 23.0. The third-order valence-electron chi connectivity index (χ3n) is 5.87. The minimum Gasteiger partial charge on any atom is -0.491 e. The zero-order valence-electron chi connectivity index (χ0n) is 18.0. The lowest BCUT2D eigenvalue weighted by molar-refractivity contribution is 0.0694. The molecule has 32 heavy (non-hydrogen) atoms. The minimum absolute atomic E-state index is 0.130. The molecule has 0 spiro atoms. The topological polar surface area (TPSA) is 75.5 Å². The normalized spacial score (nSPS) is 15.7. The van der Waals surface area contributed by atoms with Crippen molar-refractivity contribution in [2.24, 2.45) is 0 Å². The fourth-order valence-corrected chi connectivity index (χ4v) is 4.18. The van der Waals surface area contributed by atoms with E-state index in [1.807, 2.05) is 24.3 Å². The molecule has 0 radical (unpaired) electrons. The van der Waals surface area contributed by atoms with Gasteiger partial charge in [0.25, 0.3) is 0 Å². The number of hydrogen-bond acceptors (Lipinski definition) is 5. The number of aryl methyl sites for hydroxylation is 3. The third-order valence-corrected chi connectivity index (χ3v) is 6.12. The highest BCUT2D eigenvalue weighted by Gasteiger charge is 2.28. The summed E-state index contributed by atoms with van der Waals surface area (Å²) in [6, 6.07) is 15.6. The molecule has 0 aliphatic carbocycles. The van der Waals surface area contributed by atoms with Crippen LogP contribution in [0.4, 0.5) is 5.95 Å². The van der Waals surface area contributed by atoms with E-state index in [0.29, 0.717) is 29.7 Å². The predicted molar refractivity (Wildman–Crippen MR) is 125 cm³/mol. The molecule has 0 bridgehead atoms. The maximum Gasteiger partial charge on any atom is 0.339 e. The number of ether oxygens (including phenoxy) is 1. The number of carboxylic acids is 1. The maximum atomic E-state index is 11.8. The second-order valence-electron chi connectivity index (χ2n) is 8.02. The molecule has 6 nitrogen and oxygen atoms in total. The molecule has 166 valence electrons. The van der Waals surface area contributed by atoms with Gasteiger partial charge in [0.15, 0.2) is 0 Å². The Labute approximate surface area is 192 Å². The van der Waals surface area contributed by atoms with Gasteiger partial charge in [0, 0.05) is 17.8 Å². The lowest BCUT2D eigenvalue weighted by atomic mass is 10.0. The Balaban J connectivity index is 1.50. The first kappa shape index (κ1) is 22.1. The molecular weight excluding hydrogens is 426 g/mol. The largest absolute Gasteiger partial charge is 0.491 e. The van der Waals surface area contributed by atoms with Gasteiger partial charge in [-0.05, 0) is 68.0 Å². The number of rotatable bonds is 8. The molecule has 0 unspecified atom stereocenters. The van der Waals surface area contributed by atoms with Crippen LogP contribution >= 0.6 is 11.6 Å². The van der Waals surface area contributed by atoms with Crippen LogP contribution in [0.25, 0.3) is 0 Å². The predicted octanol–water partition coefficient (Wildman–Crippen LogP) is 4.97. The molecule has 4 rings (SSSR count). The van der Waals surface area contributed by atoms with Crippen LogP contribution in [-0.4, -0.2) is 40.2 Å². The molecular formula is C25H26ClN3O3. The second kappa shape index (κ2) is 10.0. The van der Waals surface area contributed by atoms with E-state index < -0.39 is 5.97 Å². The van der Waals surface area contributed by atoms with Crippen molar-refractivity contribution in [3.8, 4) is 5.75 Å². The first-order chi connectivity index (χ1) is 15.5. The van der Waals surface area contributed by atoms with Gasteiger partial charge in [-0.25, -0.2) is 14.8 Å². The van der Waals surface area contributed by atoms with E-state index in [0.717, 1.165) is 31.6 Å². The van der Waals surface area contributed by atoms with Crippen LogP contribution in [0.3, 0.4) is 0 Å². The van der Waals surface area contributed by atoms with E-state index in [1.54, 1.807) is 12.1 Å². The van der Waals surface area contributed by atoms with E-state index in [4.69, 9.17) is 21.3 Å². The Morgan fingerprint density at radius 2 is 1.97 bits per heavy atom. The monoisotopic (exact) mass is 451 g/mol. The van der Waals surface area contributed by atoms with Gasteiger partial charge in [0.05, 0.1) is 17.3 Å². The smallest absolute Gasteiger partial charge is 0.339 e. The van der Waals surface area contributed by atoms with Crippen LogP contribution in [0.15, 0.2) is 54.7 Å². The summed E-state index contributed by atoms with van der Waals surface area (Å²) in [6.07, 6.45) is 4.69. The van der Waals surface area contributed by atoms with Crippen LogP contribution in [0.1, 0.15) is 40.0 Å². The minimum atomic E-state index is -1.000. The fraction of sp³-hybridized carbons (Fsp3) is 0.320. The van der Waals surface area contributed by atoms with Crippen molar-refractivity contribution >= 4 is 23.5 Å². The number of anilines is 1. The highest BCUT2D eigenvalue weighted by atomic mass is 35.5. The Morgan fingerprint density at radius 1 is 1.19 bits per heavy atom. The highest BCUT2D eigenvalue weighted by Crippen LogP contribution is 2.25. The molecule has 1 fully saturated rings. The molecule has 0 saturated carbocycles. The molecule has 3 aromatic rings. The summed E-state index contributed by atoms with van der Waals surface area (Å²) in [5, 5.41) is 10.3. The standard InChI is InChI=1S/C25H26ClN3O3/c1-17-5-2-3-6-18(17)8-13-23-22(24(30)31)15-27-25(28-23)29-14-4-7-20(29)16-32-21-11-9-19(26)10-12-21/h2-3,5-6,9-12,15,20H,4,7-8,13-14,16H2,1H3,(H,30,31)/t20-/m1/s1. The van der Waals surface area contributed by atoms with Crippen molar-refractivity contribution in [3.05, 3.63) is 82.1 Å². The van der Waals surface area contributed by atoms with Crippen molar-refractivity contribution in [2.45, 2.75) is 38.6 Å². The number of hydrogen-bond donors (Lipinski definition) is 1. The lowest BCUT2D eigenvalue weighted by Gasteiger charge is -2.25. The number of halogens is 1. The van der Waals surface area contributed by atoms with Gasteiger partial charge in [0.2, 0.25) is 5.95 Å². The lowest BCUT2D eigenvalue weighted by Crippen LogP contribution is -2.35. The molecule has 1 saturated heterocycles. The molecule has 2 aromatic carbocycles. The number of aromatic nitrogens is 2. The third kappa shape index (κ3) is 5.19. The summed E-state index contributed by atoms with van der Waals surface area (Å²) >= 11 is 5.94. The van der Waals surface area contributed by atoms with Gasteiger partial charge in [-0.15, -0.1) is 0 Å². The molecule has 1 aromatic heterocycles. The second-order valence-corrected chi connectivity index (χ2v) is 8.45. The van der Waals surface area contributed by atoms with Crippen molar-refractivity contribution < 1.29 is 14.6 Å². The van der Waals surface area contributed by atoms with E-state index in [2.05, 4.69) is 28.9 Å². The summed E-state index contributed by atoms with van der Waals surface area (Å²) in [5.74, 6) is 0.333. The molecule has 7 heteroatoms. The van der Waals surface area contributed by atoms with Gasteiger partial charge in [-0.1, -0.05) is 35.9 Å². The number of nitrogens with zero attached hydrogens (tertiary/aromatic N) is 3. The van der Waals surface area contributed by atoms with Crippen LogP contribution in [-0.2, 0) is 12.8 Å². The van der Waals surface area contributed by atoms with E-state index >= 15 is 0 Å².